The monoisotopic (exact) mass is 1550 g/mol. The SMILES string of the molecule is c1ccc(-c2ccc(N(c3ccc(-c4ccc(-c5cccc6c5oc5ccccc56)c(-c5cccc(-c6cccc(-c7ccc(N(c8ccc(-c9ccc(-c%10cccc%11c%10oc%10ccccc%10%11)c(-c%10ccccc%10)c9)cc8)c8cccc9ccccc89)c(-c8ccccc8)c7)c6)c5)c4)cc3)c3ccccc3-c3ccccc3)c(-c3ccccc3)c2)cc1. The second-order valence-corrected chi connectivity index (χ2v) is 31.3. The van der Waals surface area contributed by atoms with Gasteiger partial charge in [-0.05, 0) is 208 Å². The van der Waals surface area contributed by atoms with Gasteiger partial charge in [0.15, 0.2) is 0 Å². The Labute approximate surface area is 709 Å². The topological polar surface area (TPSA) is 32.8 Å². The molecule has 122 heavy (non-hydrogen) atoms. The van der Waals surface area contributed by atoms with Crippen LogP contribution in [0.1, 0.15) is 0 Å². The van der Waals surface area contributed by atoms with Gasteiger partial charge in [-0.3, -0.25) is 0 Å². The molecule has 0 aliphatic carbocycles. The van der Waals surface area contributed by atoms with Crippen molar-refractivity contribution in [2.75, 3.05) is 9.80 Å². The van der Waals surface area contributed by atoms with E-state index in [1.165, 1.54) is 10.9 Å². The highest BCUT2D eigenvalue weighted by atomic mass is 16.3. The second kappa shape index (κ2) is 31.4. The highest BCUT2D eigenvalue weighted by Crippen LogP contribution is 2.51. The molecule has 22 aromatic rings. The zero-order chi connectivity index (χ0) is 80.8. The highest BCUT2D eigenvalue weighted by molar-refractivity contribution is 6.13. The Morgan fingerprint density at radius 2 is 0.426 bits per heavy atom. The van der Waals surface area contributed by atoms with Crippen LogP contribution in [-0.4, -0.2) is 0 Å². The number of para-hydroxylation sites is 5. The Morgan fingerprint density at radius 1 is 0.139 bits per heavy atom. The fourth-order valence-electron chi connectivity index (χ4n) is 18.2. The van der Waals surface area contributed by atoms with E-state index >= 15 is 0 Å². The quantitative estimate of drug-likeness (QED) is 0.0857. The van der Waals surface area contributed by atoms with Crippen molar-refractivity contribution < 1.29 is 8.83 Å². The van der Waals surface area contributed by atoms with Crippen molar-refractivity contribution in [1.82, 2.24) is 0 Å². The summed E-state index contributed by atoms with van der Waals surface area (Å²) in [6.07, 6.45) is 0. The number of rotatable bonds is 18. The van der Waals surface area contributed by atoms with Crippen molar-refractivity contribution in [2.45, 2.75) is 0 Å². The maximum atomic E-state index is 6.88. The van der Waals surface area contributed by atoms with Gasteiger partial charge in [-0.15, -0.1) is 0 Å². The molecule has 0 spiro atoms. The minimum absolute atomic E-state index is 0.864. The van der Waals surface area contributed by atoms with Crippen LogP contribution in [0.3, 0.4) is 0 Å². The number of anilines is 6. The lowest BCUT2D eigenvalue weighted by molar-refractivity contribution is 0.669. The number of hydrogen-bond acceptors (Lipinski definition) is 4. The molecule has 0 aliphatic heterocycles. The maximum Gasteiger partial charge on any atom is 0.143 e. The molecule has 0 saturated carbocycles. The Bertz CT molecular complexity index is 7660. The van der Waals surface area contributed by atoms with E-state index in [4.69, 9.17) is 8.83 Å². The Balaban J connectivity index is 0.638. The van der Waals surface area contributed by atoms with Crippen LogP contribution in [0.15, 0.2) is 482 Å². The van der Waals surface area contributed by atoms with E-state index in [9.17, 15) is 0 Å². The van der Waals surface area contributed by atoms with Gasteiger partial charge >= 0.3 is 0 Å². The van der Waals surface area contributed by atoms with Crippen LogP contribution in [0, 0.1) is 0 Å². The van der Waals surface area contributed by atoms with E-state index in [1.54, 1.807) is 0 Å². The molecule has 0 amide bonds. The summed E-state index contributed by atoms with van der Waals surface area (Å²) in [4.78, 5) is 4.90. The second-order valence-electron chi connectivity index (χ2n) is 31.3. The fourth-order valence-corrected chi connectivity index (χ4v) is 18.2. The lowest BCUT2D eigenvalue weighted by Gasteiger charge is -2.30. The smallest absolute Gasteiger partial charge is 0.143 e. The number of furan rings is 2. The molecule has 0 bridgehead atoms. The molecule has 0 aliphatic rings. The van der Waals surface area contributed by atoms with Gasteiger partial charge in [-0.2, -0.15) is 0 Å². The van der Waals surface area contributed by atoms with Crippen molar-refractivity contribution in [3.05, 3.63) is 473 Å². The van der Waals surface area contributed by atoms with E-state index in [2.05, 4.69) is 477 Å². The predicted octanol–water partition coefficient (Wildman–Crippen LogP) is 33.6. The molecular formula is C118H78N2O2. The minimum Gasteiger partial charge on any atom is -0.455 e. The first kappa shape index (κ1) is 72.3. The van der Waals surface area contributed by atoms with Crippen molar-refractivity contribution >= 4 is 88.8 Å². The molecule has 2 heterocycles. The third kappa shape index (κ3) is 13.4. The first-order chi connectivity index (χ1) is 60.5. The van der Waals surface area contributed by atoms with Crippen molar-refractivity contribution in [1.29, 1.82) is 0 Å². The average molecular weight is 1560 g/mol. The third-order valence-electron chi connectivity index (χ3n) is 24.1. The number of fused-ring (bicyclic) bond motifs is 7. The summed E-state index contributed by atoms with van der Waals surface area (Å²) < 4.78 is 13.5. The van der Waals surface area contributed by atoms with Gasteiger partial charge in [0.2, 0.25) is 0 Å². The van der Waals surface area contributed by atoms with Crippen LogP contribution in [0.5, 0.6) is 0 Å². The average Bonchev–Trinajstić information content (AvgIpc) is 1.75. The van der Waals surface area contributed by atoms with Crippen LogP contribution in [0.25, 0.3) is 188 Å². The summed E-state index contributed by atoms with van der Waals surface area (Å²) in [7, 11) is 0. The van der Waals surface area contributed by atoms with Gasteiger partial charge in [0.05, 0.1) is 22.7 Å². The molecule has 22 rings (SSSR count). The zero-order valence-corrected chi connectivity index (χ0v) is 66.7. The van der Waals surface area contributed by atoms with Crippen LogP contribution in [0.4, 0.5) is 34.1 Å². The first-order valence-corrected chi connectivity index (χ1v) is 41.7. The molecule has 20 aromatic carbocycles. The molecule has 0 unspecified atom stereocenters. The standard InChI is InChI=1S/C118H78N2O2/c1-6-29-79(30-7-1)92-63-71-113(109(77-92)85-35-12-4-13-36-85)119(111-53-21-18-46-97(111)82-31-8-2-9-32-82)95-65-59-81(60-66-95)91-62-70-100(104-50-28-52-106-102-48-20-23-56-116(102)122-118(104)106)108(76-91)94-44-25-43-89(74-94)87-41-24-42-88(73-87)93-64-72-114(110(78-93)86-37-14-5-15-38-86)120(112-54-26-40-83-39-16-17-45-98(83)112)96-67-57-80(58-68-96)90-61-69-99(107(75-90)84-33-10-3-11-34-84)103-49-27-51-105-101-47-19-22-55-115(101)121-117(103)105/h1-78H. The Morgan fingerprint density at radius 3 is 0.934 bits per heavy atom. The van der Waals surface area contributed by atoms with E-state index < -0.39 is 0 Å². The minimum atomic E-state index is 0.864. The van der Waals surface area contributed by atoms with Gasteiger partial charge in [-0.1, -0.05) is 376 Å². The molecule has 2 aromatic heterocycles. The molecule has 4 heteroatoms. The highest BCUT2D eigenvalue weighted by Gasteiger charge is 2.26. The van der Waals surface area contributed by atoms with Crippen molar-refractivity contribution in [3.8, 4) is 134 Å². The molecule has 0 N–H and O–H groups in total. The molecule has 0 radical (unpaired) electrons. The van der Waals surface area contributed by atoms with E-state index in [0.29, 0.717) is 0 Å². The molecule has 4 nitrogen and oxygen atoms in total. The number of hydrogen-bond donors (Lipinski definition) is 0. The Hall–Kier alpha value is -16.1. The first-order valence-electron chi connectivity index (χ1n) is 41.7. The zero-order valence-electron chi connectivity index (χ0n) is 66.7. The van der Waals surface area contributed by atoms with Gasteiger partial charge in [0, 0.05) is 66.1 Å². The van der Waals surface area contributed by atoms with Gasteiger partial charge < -0.3 is 18.6 Å². The van der Waals surface area contributed by atoms with Gasteiger partial charge in [0.25, 0.3) is 0 Å². The van der Waals surface area contributed by atoms with E-state index in [0.717, 1.165) is 211 Å². The van der Waals surface area contributed by atoms with E-state index in [1.807, 2.05) is 6.07 Å². The van der Waals surface area contributed by atoms with Crippen molar-refractivity contribution in [3.63, 3.8) is 0 Å². The summed E-state index contributed by atoms with van der Waals surface area (Å²) in [5, 5.41) is 6.73. The fraction of sp³-hybridized carbons (Fsp3) is 0. The van der Waals surface area contributed by atoms with Crippen LogP contribution in [-0.2, 0) is 0 Å². The summed E-state index contributed by atoms with van der Waals surface area (Å²) in [6, 6.07) is 172. The largest absolute Gasteiger partial charge is 0.455 e. The lowest BCUT2D eigenvalue weighted by Crippen LogP contribution is -2.12. The molecular weight excluding hydrogens is 1480 g/mol. The van der Waals surface area contributed by atoms with Crippen LogP contribution in [0.2, 0.25) is 0 Å². The Kier molecular flexibility index (Phi) is 18.6. The molecule has 0 saturated heterocycles. The summed E-state index contributed by atoms with van der Waals surface area (Å²) in [5.74, 6) is 0. The van der Waals surface area contributed by atoms with Gasteiger partial charge in [0.1, 0.15) is 22.3 Å². The summed E-state index contributed by atoms with van der Waals surface area (Å²) in [6.45, 7) is 0. The van der Waals surface area contributed by atoms with Gasteiger partial charge in [-0.25, -0.2) is 0 Å². The predicted molar refractivity (Wildman–Crippen MR) is 513 cm³/mol. The summed E-state index contributed by atoms with van der Waals surface area (Å²) >= 11 is 0. The lowest BCUT2D eigenvalue weighted by atomic mass is 9.89. The summed E-state index contributed by atoms with van der Waals surface area (Å²) in [5.41, 5.74) is 36.6. The van der Waals surface area contributed by atoms with Crippen molar-refractivity contribution in [2.24, 2.45) is 0 Å². The molecule has 0 atom stereocenters. The third-order valence-corrected chi connectivity index (χ3v) is 24.1. The van der Waals surface area contributed by atoms with Crippen LogP contribution >= 0.6 is 0 Å². The molecule has 572 valence electrons. The van der Waals surface area contributed by atoms with Crippen LogP contribution < -0.4 is 9.80 Å². The normalized spacial score (nSPS) is 11.4. The molecule has 0 fully saturated rings. The number of benzene rings is 20. The van der Waals surface area contributed by atoms with E-state index in [-0.39, 0.29) is 0 Å². The maximum absolute atomic E-state index is 6.88. The number of nitrogens with zero attached hydrogens (tertiary/aromatic N) is 2.